The molecule has 0 spiro atoms. The second-order valence-corrected chi connectivity index (χ2v) is 4.71. The van der Waals surface area contributed by atoms with Gasteiger partial charge in [-0.25, -0.2) is 4.39 Å². The average Bonchev–Trinajstić information content (AvgIpc) is 2.33. The van der Waals surface area contributed by atoms with Crippen molar-refractivity contribution in [2.75, 3.05) is 0 Å². The molecule has 0 bridgehead atoms. The first-order chi connectivity index (χ1) is 8.16. The first-order valence-corrected chi connectivity index (χ1v) is 6.08. The number of benzene rings is 2. The minimum Gasteiger partial charge on any atom is -0.489 e. The van der Waals surface area contributed by atoms with Gasteiger partial charge in [0.1, 0.15) is 18.2 Å². The molecule has 2 rings (SSSR count). The Balaban J connectivity index is 2.07. The fourth-order valence-electron chi connectivity index (χ4n) is 1.51. The van der Waals surface area contributed by atoms with Crippen LogP contribution in [-0.4, -0.2) is 0 Å². The minimum absolute atomic E-state index is 0.190. The Morgan fingerprint density at radius 3 is 2.53 bits per heavy atom. The molecule has 0 amide bonds. The highest BCUT2D eigenvalue weighted by molar-refractivity contribution is 9.10. The number of halogens is 2. The van der Waals surface area contributed by atoms with E-state index >= 15 is 0 Å². The second-order valence-electron chi connectivity index (χ2n) is 3.79. The standard InChI is InChI=1S/C14H12BrFO/c1-10-3-2-4-11(14(10)16)9-17-13-7-5-12(15)6-8-13/h2-8H,9H2,1H3. The molecule has 1 nitrogen and oxygen atoms in total. The highest BCUT2D eigenvalue weighted by atomic mass is 79.9. The van der Waals surface area contributed by atoms with Crippen LogP contribution < -0.4 is 4.74 Å². The number of ether oxygens (including phenoxy) is 1. The van der Waals surface area contributed by atoms with Gasteiger partial charge in [-0.15, -0.1) is 0 Å². The zero-order valence-corrected chi connectivity index (χ0v) is 11.0. The van der Waals surface area contributed by atoms with Crippen LogP contribution in [0.3, 0.4) is 0 Å². The van der Waals surface area contributed by atoms with E-state index in [1.165, 1.54) is 0 Å². The van der Waals surface area contributed by atoms with Gasteiger partial charge in [-0.1, -0.05) is 34.1 Å². The van der Waals surface area contributed by atoms with Crippen LogP contribution in [-0.2, 0) is 6.61 Å². The van der Waals surface area contributed by atoms with E-state index in [0.717, 1.165) is 10.2 Å². The highest BCUT2D eigenvalue weighted by Crippen LogP contribution is 2.19. The molecule has 0 saturated carbocycles. The fourth-order valence-corrected chi connectivity index (χ4v) is 1.78. The lowest BCUT2D eigenvalue weighted by molar-refractivity contribution is 0.299. The molecule has 88 valence electrons. The van der Waals surface area contributed by atoms with E-state index in [1.54, 1.807) is 19.1 Å². The van der Waals surface area contributed by atoms with E-state index in [0.29, 0.717) is 11.1 Å². The first-order valence-electron chi connectivity index (χ1n) is 5.29. The van der Waals surface area contributed by atoms with Gasteiger partial charge in [0, 0.05) is 10.0 Å². The summed E-state index contributed by atoms with van der Waals surface area (Å²) in [5.74, 6) is 0.540. The molecule has 0 aliphatic carbocycles. The molecule has 2 aromatic carbocycles. The molecule has 0 saturated heterocycles. The number of hydrogen-bond donors (Lipinski definition) is 0. The maximum Gasteiger partial charge on any atom is 0.132 e. The number of rotatable bonds is 3. The average molecular weight is 295 g/mol. The van der Waals surface area contributed by atoms with Crippen LogP contribution in [0.2, 0.25) is 0 Å². The van der Waals surface area contributed by atoms with Crippen molar-refractivity contribution in [3.05, 3.63) is 63.9 Å². The van der Waals surface area contributed by atoms with Crippen LogP contribution in [0.5, 0.6) is 5.75 Å². The van der Waals surface area contributed by atoms with E-state index in [2.05, 4.69) is 15.9 Å². The van der Waals surface area contributed by atoms with Crippen molar-refractivity contribution in [3.8, 4) is 5.75 Å². The van der Waals surface area contributed by atoms with Gasteiger partial charge in [-0.3, -0.25) is 0 Å². The smallest absolute Gasteiger partial charge is 0.132 e. The summed E-state index contributed by atoms with van der Waals surface area (Å²) in [4.78, 5) is 0. The van der Waals surface area contributed by atoms with Crippen LogP contribution in [0.1, 0.15) is 11.1 Å². The molecule has 3 heteroatoms. The molecule has 0 fully saturated rings. The molecule has 2 aromatic rings. The van der Waals surface area contributed by atoms with Crippen molar-refractivity contribution in [1.82, 2.24) is 0 Å². The van der Waals surface area contributed by atoms with Gasteiger partial charge in [0.25, 0.3) is 0 Å². The van der Waals surface area contributed by atoms with Gasteiger partial charge in [-0.05, 0) is 36.8 Å². The zero-order valence-electron chi connectivity index (χ0n) is 9.41. The predicted octanol–water partition coefficient (Wildman–Crippen LogP) is 4.48. The van der Waals surface area contributed by atoms with E-state index < -0.39 is 0 Å². The predicted molar refractivity (Wildman–Crippen MR) is 69.6 cm³/mol. The lowest BCUT2D eigenvalue weighted by atomic mass is 10.1. The van der Waals surface area contributed by atoms with Gasteiger partial charge in [0.05, 0.1) is 0 Å². The zero-order chi connectivity index (χ0) is 12.3. The van der Waals surface area contributed by atoms with Crippen LogP contribution in [0.15, 0.2) is 46.9 Å². The maximum absolute atomic E-state index is 13.7. The summed E-state index contributed by atoms with van der Waals surface area (Å²) < 4.78 is 20.2. The van der Waals surface area contributed by atoms with E-state index in [9.17, 15) is 4.39 Å². The third-order valence-electron chi connectivity index (χ3n) is 2.48. The van der Waals surface area contributed by atoms with Crippen molar-refractivity contribution >= 4 is 15.9 Å². The Morgan fingerprint density at radius 1 is 1.12 bits per heavy atom. The molecule has 0 aliphatic heterocycles. The monoisotopic (exact) mass is 294 g/mol. The summed E-state index contributed by atoms with van der Waals surface area (Å²) in [6, 6.07) is 12.8. The Morgan fingerprint density at radius 2 is 1.82 bits per heavy atom. The van der Waals surface area contributed by atoms with Gasteiger partial charge in [-0.2, -0.15) is 0 Å². The lowest BCUT2D eigenvalue weighted by Crippen LogP contribution is -1.99. The normalized spacial score (nSPS) is 10.3. The molecule has 0 unspecified atom stereocenters. The number of hydrogen-bond acceptors (Lipinski definition) is 1. The molecule has 0 aliphatic rings. The molecule has 17 heavy (non-hydrogen) atoms. The Bertz CT molecular complexity index is 508. The molecule has 0 radical (unpaired) electrons. The molecule has 0 N–H and O–H groups in total. The van der Waals surface area contributed by atoms with Crippen LogP contribution in [0, 0.1) is 12.7 Å². The van der Waals surface area contributed by atoms with Crippen molar-refractivity contribution < 1.29 is 9.13 Å². The molecular formula is C14H12BrFO. The summed E-state index contributed by atoms with van der Waals surface area (Å²) in [5, 5.41) is 0. The van der Waals surface area contributed by atoms with Crippen molar-refractivity contribution in [2.24, 2.45) is 0 Å². The van der Waals surface area contributed by atoms with E-state index in [-0.39, 0.29) is 12.4 Å². The largest absolute Gasteiger partial charge is 0.489 e. The van der Waals surface area contributed by atoms with E-state index in [4.69, 9.17) is 4.74 Å². The third-order valence-corrected chi connectivity index (χ3v) is 3.01. The maximum atomic E-state index is 13.7. The molecule has 0 heterocycles. The Labute approximate surface area is 108 Å². The summed E-state index contributed by atoms with van der Waals surface area (Å²) >= 11 is 3.35. The number of aryl methyl sites for hydroxylation is 1. The van der Waals surface area contributed by atoms with Crippen molar-refractivity contribution in [3.63, 3.8) is 0 Å². The van der Waals surface area contributed by atoms with E-state index in [1.807, 2.05) is 30.3 Å². The molecule has 0 aromatic heterocycles. The van der Waals surface area contributed by atoms with Gasteiger partial charge >= 0.3 is 0 Å². The molecular weight excluding hydrogens is 283 g/mol. The summed E-state index contributed by atoms with van der Waals surface area (Å²) in [5.41, 5.74) is 1.22. The van der Waals surface area contributed by atoms with Gasteiger partial charge < -0.3 is 4.74 Å². The van der Waals surface area contributed by atoms with Crippen LogP contribution >= 0.6 is 15.9 Å². The topological polar surface area (TPSA) is 9.23 Å². The summed E-state index contributed by atoms with van der Waals surface area (Å²) in [6.45, 7) is 1.99. The summed E-state index contributed by atoms with van der Waals surface area (Å²) in [7, 11) is 0. The Hall–Kier alpha value is -1.35. The SMILES string of the molecule is Cc1cccc(COc2ccc(Br)cc2)c1F. The van der Waals surface area contributed by atoms with Crippen LogP contribution in [0.4, 0.5) is 4.39 Å². The van der Waals surface area contributed by atoms with Crippen molar-refractivity contribution in [1.29, 1.82) is 0 Å². The van der Waals surface area contributed by atoms with Crippen molar-refractivity contribution in [2.45, 2.75) is 13.5 Å². The van der Waals surface area contributed by atoms with Crippen LogP contribution in [0.25, 0.3) is 0 Å². The second kappa shape index (κ2) is 5.32. The molecule has 0 atom stereocenters. The van der Waals surface area contributed by atoms with Gasteiger partial charge in [0.15, 0.2) is 0 Å². The summed E-state index contributed by atoms with van der Waals surface area (Å²) in [6.07, 6.45) is 0. The highest BCUT2D eigenvalue weighted by Gasteiger charge is 2.05. The Kier molecular flexibility index (Phi) is 3.79. The minimum atomic E-state index is -0.190. The lowest BCUT2D eigenvalue weighted by Gasteiger charge is -2.08. The fraction of sp³-hybridized carbons (Fsp3) is 0.143. The quantitative estimate of drug-likeness (QED) is 0.811. The third kappa shape index (κ3) is 3.07. The first kappa shape index (κ1) is 12.1. The van der Waals surface area contributed by atoms with Gasteiger partial charge in [0.2, 0.25) is 0 Å².